The molecule has 2 aromatic rings. The summed E-state index contributed by atoms with van der Waals surface area (Å²) in [4.78, 5) is 15.7. The smallest absolute Gasteiger partial charge is 0.428 e. The van der Waals surface area contributed by atoms with Crippen LogP contribution in [0.25, 0.3) is 10.6 Å². The van der Waals surface area contributed by atoms with Crippen molar-refractivity contribution in [2.45, 2.75) is 26.4 Å². The second kappa shape index (κ2) is 6.49. The van der Waals surface area contributed by atoms with E-state index in [0.717, 1.165) is 16.1 Å². The van der Waals surface area contributed by atoms with Gasteiger partial charge in [0, 0.05) is 17.1 Å². The highest BCUT2D eigenvalue weighted by Crippen LogP contribution is 2.21. The molecule has 5 nitrogen and oxygen atoms in total. The molecule has 1 heterocycles. The number of rotatable bonds is 3. The van der Waals surface area contributed by atoms with Crippen LogP contribution in [0.1, 0.15) is 26.3 Å². The number of carbonyl (C=O) groups is 1. The zero-order valence-electron chi connectivity index (χ0n) is 12.2. The number of amides is 1. The lowest BCUT2D eigenvalue weighted by atomic mass is 10.1. The Kier molecular flexibility index (Phi) is 4.70. The van der Waals surface area contributed by atoms with E-state index in [0.29, 0.717) is 0 Å². The predicted octanol–water partition coefficient (Wildman–Crippen LogP) is 3.67. The molecule has 110 valence electrons. The number of nitrogens with zero attached hydrogens (tertiary/aromatic N) is 2. The van der Waals surface area contributed by atoms with Crippen molar-refractivity contribution >= 4 is 23.6 Å². The molecule has 0 saturated heterocycles. The molecule has 6 heteroatoms. The van der Waals surface area contributed by atoms with E-state index in [9.17, 15) is 4.79 Å². The Morgan fingerprint density at radius 3 is 2.62 bits per heavy atom. The fourth-order valence-electron chi connectivity index (χ4n) is 1.54. The molecule has 0 saturated carbocycles. The van der Waals surface area contributed by atoms with Crippen molar-refractivity contribution in [3.8, 4) is 10.6 Å². The zero-order valence-corrected chi connectivity index (χ0v) is 13.0. The lowest BCUT2D eigenvalue weighted by Crippen LogP contribution is -2.29. The van der Waals surface area contributed by atoms with Crippen LogP contribution < -0.4 is 5.43 Å². The van der Waals surface area contributed by atoms with Crippen molar-refractivity contribution in [3.63, 3.8) is 0 Å². The molecule has 0 aliphatic carbocycles. The Morgan fingerprint density at radius 2 is 2.05 bits per heavy atom. The van der Waals surface area contributed by atoms with Gasteiger partial charge in [-0.3, -0.25) is 0 Å². The third kappa shape index (κ3) is 5.00. The second-order valence-electron chi connectivity index (χ2n) is 5.33. The number of carbonyl (C=O) groups excluding carboxylic acids is 1. The van der Waals surface area contributed by atoms with Crippen LogP contribution in [0.3, 0.4) is 0 Å². The van der Waals surface area contributed by atoms with Gasteiger partial charge < -0.3 is 4.74 Å². The van der Waals surface area contributed by atoms with E-state index in [2.05, 4.69) is 15.5 Å². The standard InChI is InChI=1S/C15H17N3O2S/c1-15(2,3)20-14(19)18-17-10-11-4-6-12(7-5-11)13-16-8-9-21-13/h4-10H,1-3H3,(H,18,19). The normalized spacial score (nSPS) is 11.6. The third-order valence-electron chi connectivity index (χ3n) is 2.36. The molecule has 0 aliphatic rings. The molecule has 1 N–H and O–H groups in total. The van der Waals surface area contributed by atoms with E-state index < -0.39 is 11.7 Å². The Labute approximate surface area is 127 Å². The number of aromatic nitrogens is 1. The van der Waals surface area contributed by atoms with E-state index in [4.69, 9.17) is 4.74 Å². The van der Waals surface area contributed by atoms with Gasteiger partial charge in [0.1, 0.15) is 10.6 Å². The number of nitrogens with one attached hydrogen (secondary N) is 1. The molecular formula is C15H17N3O2S. The third-order valence-corrected chi connectivity index (χ3v) is 3.18. The molecule has 0 bridgehead atoms. The maximum absolute atomic E-state index is 11.4. The molecule has 2 rings (SSSR count). The number of hydrogen-bond acceptors (Lipinski definition) is 5. The lowest BCUT2D eigenvalue weighted by molar-refractivity contribution is 0.0529. The molecule has 0 atom stereocenters. The highest BCUT2D eigenvalue weighted by Gasteiger charge is 2.15. The van der Waals surface area contributed by atoms with Gasteiger partial charge in [-0.25, -0.2) is 15.2 Å². The van der Waals surface area contributed by atoms with E-state index in [1.165, 1.54) is 0 Å². The van der Waals surface area contributed by atoms with E-state index in [1.54, 1.807) is 44.5 Å². The van der Waals surface area contributed by atoms with Crippen LogP contribution in [0.5, 0.6) is 0 Å². The predicted molar refractivity (Wildman–Crippen MR) is 84.5 cm³/mol. The summed E-state index contributed by atoms with van der Waals surface area (Å²) in [6.07, 6.45) is 2.77. The topological polar surface area (TPSA) is 63.6 Å². The number of ether oxygens (including phenoxy) is 1. The summed E-state index contributed by atoms with van der Waals surface area (Å²) in [5, 5.41) is 6.77. The molecule has 0 unspecified atom stereocenters. The van der Waals surface area contributed by atoms with Crippen molar-refractivity contribution < 1.29 is 9.53 Å². The van der Waals surface area contributed by atoms with Gasteiger partial charge in [-0.05, 0) is 26.3 Å². The van der Waals surface area contributed by atoms with Gasteiger partial charge in [0.05, 0.1) is 6.21 Å². The second-order valence-corrected chi connectivity index (χ2v) is 6.23. The molecule has 0 spiro atoms. The molecule has 0 fully saturated rings. The molecule has 1 aromatic heterocycles. The molecule has 21 heavy (non-hydrogen) atoms. The number of hydrazone groups is 1. The number of hydrogen-bond donors (Lipinski definition) is 1. The quantitative estimate of drug-likeness (QED) is 0.695. The fourth-order valence-corrected chi connectivity index (χ4v) is 2.18. The first kappa shape index (κ1) is 15.2. The maximum Gasteiger partial charge on any atom is 0.428 e. The van der Waals surface area contributed by atoms with Gasteiger partial charge in [-0.2, -0.15) is 5.10 Å². The minimum Gasteiger partial charge on any atom is -0.443 e. The number of benzene rings is 1. The summed E-state index contributed by atoms with van der Waals surface area (Å²) in [7, 11) is 0. The summed E-state index contributed by atoms with van der Waals surface area (Å²) in [6, 6.07) is 7.76. The van der Waals surface area contributed by atoms with E-state index in [1.807, 2.05) is 29.6 Å². The van der Waals surface area contributed by atoms with Crippen LogP contribution in [-0.4, -0.2) is 22.9 Å². The highest BCUT2D eigenvalue weighted by atomic mass is 32.1. The maximum atomic E-state index is 11.4. The summed E-state index contributed by atoms with van der Waals surface area (Å²) in [5.41, 5.74) is 3.73. The minimum absolute atomic E-state index is 0.533. The Hall–Kier alpha value is -2.21. The van der Waals surface area contributed by atoms with Crippen LogP contribution >= 0.6 is 11.3 Å². The van der Waals surface area contributed by atoms with Crippen LogP contribution in [-0.2, 0) is 4.74 Å². The van der Waals surface area contributed by atoms with E-state index >= 15 is 0 Å². The van der Waals surface area contributed by atoms with Crippen molar-refractivity contribution in [3.05, 3.63) is 41.4 Å². The lowest BCUT2D eigenvalue weighted by Gasteiger charge is -2.18. The zero-order chi connectivity index (χ0) is 15.3. The Bertz CT molecular complexity index is 613. The van der Waals surface area contributed by atoms with Crippen molar-refractivity contribution in [1.29, 1.82) is 0 Å². The monoisotopic (exact) mass is 303 g/mol. The molecule has 1 amide bonds. The average Bonchev–Trinajstić information content (AvgIpc) is 2.91. The minimum atomic E-state index is -0.571. The number of thiazole rings is 1. The molecule has 0 aliphatic heterocycles. The van der Waals surface area contributed by atoms with Gasteiger partial charge in [-0.1, -0.05) is 24.3 Å². The van der Waals surface area contributed by atoms with Crippen molar-refractivity contribution in [2.24, 2.45) is 5.10 Å². The average molecular weight is 303 g/mol. The van der Waals surface area contributed by atoms with Crippen LogP contribution in [0.15, 0.2) is 40.9 Å². The first-order valence-electron chi connectivity index (χ1n) is 6.46. The van der Waals surface area contributed by atoms with Crippen LogP contribution in [0.4, 0.5) is 4.79 Å². The largest absolute Gasteiger partial charge is 0.443 e. The first-order valence-corrected chi connectivity index (χ1v) is 7.34. The van der Waals surface area contributed by atoms with Gasteiger partial charge >= 0.3 is 6.09 Å². The van der Waals surface area contributed by atoms with Gasteiger partial charge in [-0.15, -0.1) is 11.3 Å². The van der Waals surface area contributed by atoms with Gasteiger partial charge in [0.2, 0.25) is 0 Å². The summed E-state index contributed by atoms with van der Waals surface area (Å²) >= 11 is 1.59. The molecule has 1 aromatic carbocycles. The molecular weight excluding hydrogens is 286 g/mol. The van der Waals surface area contributed by atoms with E-state index in [-0.39, 0.29) is 0 Å². The summed E-state index contributed by atoms with van der Waals surface area (Å²) < 4.78 is 5.07. The summed E-state index contributed by atoms with van der Waals surface area (Å²) in [5.74, 6) is 0. The fraction of sp³-hybridized carbons (Fsp3) is 0.267. The molecule has 0 radical (unpaired) electrons. The van der Waals surface area contributed by atoms with Gasteiger partial charge in [0.15, 0.2) is 0 Å². The summed E-state index contributed by atoms with van der Waals surface area (Å²) in [6.45, 7) is 5.40. The van der Waals surface area contributed by atoms with Crippen molar-refractivity contribution in [1.82, 2.24) is 10.4 Å². The SMILES string of the molecule is CC(C)(C)OC(=O)NN=Cc1ccc(-c2nccs2)cc1. The van der Waals surface area contributed by atoms with Crippen LogP contribution in [0.2, 0.25) is 0 Å². The highest BCUT2D eigenvalue weighted by molar-refractivity contribution is 7.13. The van der Waals surface area contributed by atoms with Crippen molar-refractivity contribution in [2.75, 3.05) is 0 Å². The van der Waals surface area contributed by atoms with Crippen LogP contribution in [0, 0.1) is 0 Å². The first-order chi connectivity index (χ1) is 9.94. The Balaban J connectivity index is 1.91. The Morgan fingerprint density at radius 1 is 1.33 bits per heavy atom. The van der Waals surface area contributed by atoms with Gasteiger partial charge in [0.25, 0.3) is 0 Å².